The Kier molecular flexibility index (Phi) is 11.3. The number of carbonyl (C=O) groups is 3. The van der Waals surface area contributed by atoms with Crippen molar-refractivity contribution in [3.05, 3.63) is 63.0 Å². The van der Waals surface area contributed by atoms with Crippen LogP contribution in [0.3, 0.4) is 0 Å². The molecule has 13 heteroatoms. The highest BCUT2D eigenvalue weighted by atomic mass is 35.5. The summed E-state index contributed by atoms with van der Waals surface area (Å²) in [4.78, 5) is 42.7. The number of likely N-dealkylation sites (tertiary alicyclic amines) is 2. The predicted molar refractivity (Wildman–Crippen MR) is 186 cm³/mol. The van der Waals surface area contributed by atoms with Crippen LogP contribution in [0.1, 0.15) is 48.0 Å². The van der Waals surface area contributed by atoms with Crippen molar-refractivity contribution in [1.29, 1.82) is 0 Å². The summed E-state index contributed by atoms with van der Waals surface area (Å²) in [5, 5.41) is 15.6. The number of nitrogens with one attached hydrogen (secondary N) is 1. The minimum Gasteiger partial charge on any atom is -0.481 e. The summed E-state index contributed by atoms with van der Waals surface area (Å²) in [7, 11) is 3.38. The van der Waals surface area contributed by atoms with E-state index in [1.165, 1.54) is 11.3 Å². The molecule has 2 aliphatic heterocycles. The second kappa shape index (κ2) is 15.4. The quantitative estimate of drug-likeness (QED) is 0.249. The first-order valence-electron chi connectivity index (χ1n) is 16.3. The van der Waals surface area contributed by atoms with E-state index in [2.05, 4.69) is 10.2 Å². The van der Waals surface area contributed by atoms with Crippen molar-refractivity contribution in [2.75, 3.05) is 45.8 Å². The van der Waals surface area contributed by atoms with Crippen molar-refractivity contribution in [3.8, 4) is 0 Å². The molecule has 2 N–H and O–H groups in total. The third-order valence-electron chi connectivity index (χ3n) is 10.1. The Balaban J connectivity index is 1.14. The molecule has 0 bridgehead atoms. The number of methoxy groups -OCH3 is 2. The van der Waals surface area contributed by atoms with E-state index in [0.29, 0.717) is 78.8 Å². The molecule has 1 aromatic heterocycles. The van der Waals surface area contributed by atoms with Crippen molar-refractivity contribution in [1.82, 2.24) is 9.80 Å². The van der Waals surface area contributed by atoms with E-state index >= 15 is 0 Å². The number of nitrogens with zero attached hydrogens (tertiary/aromatic N) is 2. The molecule has 3 aromatic rings. The monoisotopic (exact) mass is 717 g/mol. The smallest absolute Gasteiger partial charge is 0.306 e. The Morgan fingerprint density at radius 3 is 2.38 bits per heavy atom. The van der Waals surface area contributed by atoms with Gasteiger partial charge in [0.2, 0.25) is 5.91 Å². The number of halogens is 2. The van der Waals surface area contributed by atoms with Gasteiger partial charge in [0.25, 0.3) is 5.91 Å². The highest BCUT2D eigenvalue weighted by molar-refractivity contribution is 7.17. The Morgan fingerprint density at radius 2 is 1.69 bits per heavy atom. The van der Waals surface area contributed by atoms with Crippen molar-refractivity contribution >= 4 is 68.1 Å². The molecule has 10 nitrogen and oxygen atoms in total. The third kappa shape index (κ3) is 7.67. The number of thiophene rings is 1. The maximum Gasteiger partial charge on any atom is 0.306 e. The fourth-order valence-corrected chi connectivity index (χ4v) is 8.70. The van der Waals surface area contributed by atoms with Crippen molar-refractivity contribution in [3.63, 3.8) is 0 Å². The Hall–Kier alpha value is -2.77. The maximum absolute atomic E-state index is 14.0. The van der Waals surface area contributed by atoms with E-state index in [-0.39, 0.29) is 54.5 Å². The van der Waals surface area contributed by atoms with Crippen LogP contribution in [0.25, 0.3) is 10.1 Å². The fourth-order valence-electron chi connectivity index (χ4n) is 7.29. The molecule has 2 aromatic carbocycles. The molecule has 3 heterocycles. The molecule has 2 amide bonds. The lowest BCUT2D eigenvalue weighted by Crippen LogP contribution is -2.41. The molecule has 4 atom stereocenters. The third-order valence-corrected chi connectivity index (χ3v) is 11.7. The van der Waals surface area contributed by atoms with Gasteiger partial charge in [0.1, 0.15) is 0 Å². The molecule has 1 saturated carbocycles. The molecule has 1 unspecified atom stereocenters. The van der Waals surface area contributed by atoms with Gasteiger partial charge in [-0.1, -0.05) is 41.4 Å². The number of benzene rings is 2. The van der Waals surface area contributed by atoms with Gasteiger partial charge in [-0.15, -0.1) is 11.3 Å². The van der Waals surface area contributed by atoms with Gasteiger partial charge >= 0.3 is 5.97 Å². The number of carbonyl (C=O) groups excluding carboxylic acids is 2. The van der Waals surface area contributed by atoms with Crippen LogP contribution in [0.15, 0.2) is 41.8 Å². The number of hydrogen-bond acceptors (Lipinski definition) is 8. The van der Waals surface area contributed by atoms with Crippen molar-refractivity contribution in [2.45, 2.75) is 68.9 Å². The highest BCUT2D eigenvalue weighted by Gasteiger charge is 2.43. The van der Waals surface area contributed by atoms with Crippen LogP contribution in [-0.2, 0) is 30.2 Å². The summed E-state index contributed by atoms with van der Waals surface area (Å²) in [6, 6.07) is 10.9. The zero-order valence-corrected chi connectivity index (χ0v) is 29.4. The number of carboxylic acid groups (broad SMARTS) is 1. The average Bonchev–Trinajstić information content (AvgIpc) is 3.83. The van der Waals surface area contributed by atoms with Crippen molar-refractivity contribution < 1.29 is 33.7 Å². The fraction of sp³-hybridized carbons (Fsp3) is 0.514. The maximum atomic E-state index is 14.0. The number of aliphatic carboxylic acids is 1. The van der Waals surface area contributed by atoms with Gasteiger partial charge in [0, 0.05) is 60.4 Å². The number of carboxylic acids is 1. The topological polar surface area (TPSA) is 118 Å². The number of anilines is 1. The zero-order valence-electron chi connectivity index (χ0n) is 27.0. The van der Waals surface area contributed by atoms with Gasteiger partial charge in [0.05, 0.1) is 59.6 Å². The van der Waals surface area contributed by atoms with Crippen LogP contribution >= 0.6 is 34.5 Å². The minimum atomic E-state index is -0.747. The lowest BCUT2D eigenvalue weighted by atomic mass is 9.87. The molecule has 48 heavy (non-hydrogen) atoms. The molecule has 3 fully saturated rings. The molecule has 0 radical (unpaired) electrons. The number of amides is 2. The summed E-state index contributed by atoms with van der Waals surface area (Å²) in [5.41, 5.74) is 1.50. The molecular formula is C35H41Cl2N3O7S. The van der Waals surface area contributed by atoms with Crippen LogP contribution < -0.4 is 5.32 Å². The SMILES string of the molecule is COC1CN([C@H]2C[C@@H](CO[C@H]3CC[C@H](C(=O)O)CC3)N(C(=O)Cc3cc(Cl)c(NC(=O)c4csc5ccccc45)cc3Cl)C2)C[C@@H]1OC. The van der Waals surface area contributed by atoms with Crippen LogP contribution in [0.5, 0.6) is 0 Å². The van der Waals surface area contributed by atoms with E-state index in [9.17, 15) is 19.5 Å². The van der Waals surface area contributed by atoms with Gasteiger partial charge < -0.3 is 29.5 Å². The van der Waals surface area contributed by atoms with Crippen LogP contribution in [0, 0.1) is 5.92 Å². The van der Waals surface area contributed by atoms with E-state index in [4.69, 9.17) is 37.4 Å². The Bertz CT molecular complexity index is 1630. The first-order valence-corrected chi connectivity index (χ1v) is 18.0. The molecule has 6 rings (SSSR count). The molecular weight excluding hydrogens is 677 g/mol. The normalized spacial score (nSPS) is 26.3. The molecule has 258 valence electrons. The van der Waals surface area contributed by atoms with Crippen molar-refractivity contribution in [2.24, 2.45) is 5.92 Å². The van der Waals surface area contributed by atoms with Gasteiger partial charge in [0.15, 0.2) is 0 Å². The van der Waals surface area contributed by atoms with Crippen LogP contribution in [0.4, 0.5) is 5.69 Å². The number of fused-ring (bicyclic) bond motifs is 1. The lowest BCUT2D eigenvalue weighted by Gasteiger charge is -2.30. The van der Waals surface area contributed by atoms with E-state index in [1.807, 2.05) is 34.5 Å². The van der Waals surface area contributed by atoms with Gasteiger partial charge in [-0.3, -0.25) is 19.3 Å². The van der Waals surface area contributed by atoms with Gasteiger partial charge in [-0.25, -0.2) is 0 Å². The van der Waals surface area contributed by atoms with Gasteiger partial charge in [-0.05, 0) is 55.9 Å². The minimum absolute atomic E-state index is 0.0257. The summed E-state index contributed by atoms with van der Waals surface area (Å²) in [6.07, 6.45) is 3.24. The standard InChI is InChI=1S/C35H41Cl2N3O7S/c1-45-30-16-39(17-31(30)46-2)22-13-23(18-47-24-9-7-20(8-10-24)35(43)44)40(15-22)33(41)12-21-11-28(37)29(14-27(21)36)38-34(42)26-19-48-32-6-4-3-5-25(26)32/h3-6,11,14,19-20,22-24,30-31H,7-10,12-13,15-18H2,1-2H3,(H,38,42)(H,43,44)/t20-,22-,23-,24-,30-,31?/m0/s1. The average molecular weight is 719 g/mol. The predicted octanol–water partition coefficient (Wildman–Crippen LogP) is 5.98. The first-order chi connectivity index (χ1) is 23.1. The number of ether oxygens (including phenoxy) is 3. The Morgan fingerprint density at radius 1 is 0.979 bits per heavy atom. The van der Waals surface area contributed by atoms with Crippen LogP contribution in [-0.4, -0.2) is 104 Å². The molecule has 0 spiro atoms. The zero-order chi connectivity index (χ0) is 33.9. The summed E-state index contributed by atoms with van der Waals surface area (Å²) >= 11 is 14.8. The second-order valence-electron chi connectivity index (χ2n) is 12.9. The largest absolute Gasteiger partial charge is 0.481 e. The number of hydrogen-bond donors (Lipinski definition) is 2. The molecule has 1 aliphatic carbocycles. The summed E-state index contributed by atoms with van der Waals surface area (Å²) in [5.74, 6) is -1.44. The van der Waals surface area contributed by atoms with E-state index in [0.717, 1.165) is 16.5 Å². The summed E-state index contributed by atoms with van der Waals surface area (Å²) < 4.78 is 18.7. The van der Waals surface area contributed by atoms with E-state index < -0.39 is 5.97 Å². The second-order valence-corrected chi connectivity index (χ2v) is 14.7. The highest BCUT2D eigenvalue weighted by Crippen LogP contribution is 2.34. The van der Waals surface area contributed by atoms with Gasteiger partial charge in [-0.2, -0.15) is 0 Å². The van der Waals surface area contributed by atoms with Crippen LogP contribution in [0.2, 0.25) is 10.0 Å². The molecule has 3 aliphatic rings. The lowest BCUT2D eigenvalue weighted by molar-refractivity contribution is -0.144. The summed E-state index contributed by atoms with van der Waals surface area (Å²) in [6.45, 7) is 2.32. The first kappa shape index (κ1) is 35.1. The molecule has 2 saturated heterocycles. The number of rotatable bonds is 11. The van der Waals surface area contributed by atoms with E-state index in [1.54, 1.807) is 26.4 Å². The Labute approximate surface area is 294 Å².